The lowest BCUT2D eigenvalue weighted by atomic mass is 10.2. The quantitative estimate of drug-likeness (QED) is 0.847. The van der Waals surface area contributed by atoms with Gasteiger partial charge < -0.3 is 4.90 Å². The highest BCUT2D eigenvalue weighted by Crippen LogP contribution is 2.19. The molecular weight excluding hydrogens is 276 g/mol. The SMILES string of the molecule is CC1CCN(C(=O)c2ccc(S(=O)(=O)N(C)C)cc2)C1. The number of hydrogen-bond acceptors (Lipinski definition) is 3. The van der Waals surface area contributed by atoms with Crippen LogP contribution in [0.15, 0.2) is 29.2 Å². The second-order valence-corrected chi connectivity index (χ2v) is 7.61. The summed E-state index contributed by atoms with van der Waals surface area (Å²) >= 11 is 0. The van der Waals surface area contributed by atoms with Crippen molar-refractivity contribution in [3.8, 4) is 0 Å². The standard InChI is InChI=1S/C14H20N2O3S/c1-11-8-9-16(10-11)14(17)12-4-6-13(7-5-12)20(18,19)15(2)3/h4-7,11H,8-10H2,1-3H3. The highest BCUT2D eigenvalue weighted by atomic mass is 32.2. The number of hydrogen-bond donors (Lipinski definition) is 0. The minimum Gasteiger partial charge on any atom is -0.338 e. The van der Waals surface area contributed by atoms with Crippen molar-refractivity contribution in [2.24, 2.45) is 5.92 Å². The summed E-state index contributed by atoms with van der Waals surface area (Å²) in [6.45, 7) is 3.67. The third-order valence-corrected chi connectivity index (χ3v) is 5.42. The van der Waals surface area contributed by atoms with E-state index in [2.05, 4.69) is 6.92 Å². The number of carbonyl (C=O) groups is 1. The van der Waals surface area contributed by atoms with Crippen molar-refractivity contribution in [3.63, 3.8) is 0 Å². The summed E-state index contributed by atoms with van der Waals surface area (Å²) in [4.78, 5) is 14.3. The van der Waals surface area contributed by atoms with E-state index in [1.54, 1.807) is 12.1 Å². The first kappa shape index (κ1) is 15.0. The summed E-state index contributed by atoms with van der Waals surface area (Å²) in [5.41, 5.74) is 0.539. The molecule has 5 nitrogen and oxygen atoms in total. The first-order valence-corrected chi connectivity index (χ1v) is 8.08. The van der Waals surface area contributed by atoms with Crippen molar-refractivity contribution in [3.05, 3.63) is 29.8 Å². The van der Waals surface area contributed by atoms with E-state index in [1.807, 2.05) is 4.90 Å². The zero-order chi connectivity index (χ0) is 14.9. The molecule has 110 valence electrons. The minimum absolute atomic E-state index is 0.0249. The van der Waals surface area contributed by atoms with Crippen LogP contribution in [0.25, 0.3) is 0 Å². The summed E-state index contributed by atoms with van der Waals surface area (Å²) in [5.74, 6) is 0.510. The lowest BCUT2D eigenvalue weighted by Crippen LogP contribution is -2.28. The highest BCUT2D eigenvalue weighted by molar-refractivity contribution is 7.89. The monoisotopic (exact) mass is 296 g/mol. The third-order valence-electron chi connectivity index (χ3n) is 3.59. The topological polar surface area (TPSA) is 57.7 Å². The van der Waals surface area contributed by atoms with Crippen molar-refractivity contribution in [1.29, 1.82) is 0 Å². The number of nitrogens with zero attached hydrogens (tertiary/aromatic N) is 2. The smallest absolute Gasteiger partial charge is 0.253 e. The zero-order valence-corrected chi connectivity index (χ0v) is 12.9. The molecule has 1 saturated heterocycles. The Morgan fingerprint density at radius 1 is 1.25 bits per heavy atom. The number of sulfonamides is 1. The van der Waals surface area contributed by atoms with Gasteiger partial charge in [-0.3, -0.25) is 4.79 Å². The van der Waals surface area contributed by atoms with Crippen LogP contribution in [0.2, 0.25) is 0 Å². The van der Waals surface area contributed by atoms with Gasteiger partial charge >= 0.3 is 0 Å². The molecule has 20 heavy (non-hydrogen) atoms. The predicted molar refractivity (Wildman–Crippen MR) is 77.0 cm³/mol. The number of amides is 1. The highest BCUT2D eigenvalue weighted by Gasteiger charge is 2.24. The largest absolute Gasteiger partial charge is 0.338 e. The Morgan fingerprint density at radius 2 is 1.85 bits per heavy atom. The lowest BCUT2D eigenvalue weighted by Gasteiger charge is -2.16. The molecule has 1 aromatic carbocycles. The Hall–Kier alpha value is -1.40. The molecular formula is C14H20N2O3S. The molecule has 1 atom stereocenters. The van der Waals surface area contributed by atoms with Crippen molar-refractivity contribution >= 4 is 15.9 Å². The normalized spacial score (nSPS) is 19.6. The van der Waals surface area contributed by atoms with E-state index < -0.39 is 10.0 Å². The molecule has 0 spiro atoms. The maximum absolute atomic E-state index is 12.3. The zero-order valence-electron chi connectivity index (χ0n) is 12.0. The first-order chi connectivity index (χ1) is 9.32. The van der Waals surface area contributed by atoms with Crippen LogP contribution in [0.3, 0.4) is 0 Å². The van der Waals surface area contributed by atoms with Crippen molar-refractivity contribution in [2.75, 3.05) is 27.2 Å². The van der Waals surface area contributed by atoms with Gasteiger partial charge in [-0.15, -0.1) is 0 Å². The van der Waals surface area contributed by atoms with Gasteiger partial charge in [-0.1, -0.05) is 6.92 Å². The third kappa shape index (κ3) is 2.86. The van der Waals surface area contributed by atoms with E-state index >= 15 is 0 Å². The molecule has 1 aliphatic rings. The first-order valence-electron chi connectivity index (χ1n) is 6.64. The van der Waals surface area contributed by atoms with E-state index in [1.165, 1.54) is 26.2 Å². The van der Waals surface area contributed by atoms with Crippen LogP contribution in [0, 0.1) is 5.92 Å². The summed E-state index contributed by atoms with van der Waals surface area (Å²) in [6, 6.07) is 6.15. The molecule has 0 aromatic heterocycles. The van der Waals surface area contributed by atoms with Crippen LogP contribution >= 0.6 is 0 Å². The van der Waals surface area contributed by atoms with Gasteiger partial charge in [0, 0.05) is 32.7 Å². The van der Waals surface area contributed by atoms with Crippen LogP contribution in [0.1, 0.15) is 23.7 Å². The molecule has 1 amide bonds. The number of carbonyl (C=O) groups excluding carboxylic acids is 1. The average Bonchev–Trinajstić information content (AvgIpc) is 2.84. The molecule has 0 aliphatic carbocycles. The molecule has 1 aromatic rings. The molecule has 1 heterocycles. The maximum atomic E-state index is 12.3. The Kier molecular flexibility index (Phi) is 4.15. The van der Waals surface area contributed by atoms with E-state index in [4.69, 9.17) is 0 Å². The molecule has 1 aliphatic heterocycles. The summed E-state index contributed by atoms with van der Waals surface area (Å²) in [5, 5.41) is 0. The van der Waals surface area contributed by atoms with E-state index in [0.29, 0.717) is 11.5 Å². The van der Waals surface area contributed by atoms with Gasteiger partial charge in [0.1, 0.15) is 0 Å². The van der Waals surface area contributed by atoms with Gasteiger partial charge in [0.2, 0.25) is 10.0 Å². The molecule has 0 saturated carbocycles. The Labute approximate surface area is 120 Å². The van der Waals surface area contributed by atoms with Crippen LogP contribution in [-0.2, 0) is 10.0 Å². The van der Waals surface area contributed by atoms with Gasteiger partial charge in [0.15, 0.2) is 0 Å². The van der Waals surface area contributed by atoms with Gasteiger partial charge in [0.25, 0.3) is 5.91 Å². The molecule has 0 radical (unpaired) electrons. The van der Waals surface area contributed by atoms with Gasteiger partial charge in [-0.05, 0) is 36.6 Å². The van der Waals surface area contributed by atoms with Crippen molar-refractivity contribution in [1.82, 2.24) is 9.21 Å². The minimum atomic E-state index is -3.44. The molecule has 0 bridgehead atoms. The lowest BCUT2D eigenvalue weighted by molar-refractivity contribution is 0.0788. The van der Waals surface area contributed by atoms with Gasteiger partial charge in [-0.2, -0.15) is 0 Å². The Balaban J connectivity index is 2.19. The molecule has 6 heteroatoms. The molecule has 2 rings (SSSR count). The second-order valence-electron chi connectivity index (χ2n) is 5.46. The second kappa shape index (κ2) is 5.54. The molecule has 1 fully saturated rings. The van der Waals surface area contributed by atoms with Crippen LogP contribution in [0.5, 0.6) is 0 Å². The number of benzene rings is 1. The predicted octanol–water partition coefficient (Wildman–Crippen LogP) is 1.42. The molecule has 1 unspecified atom stereocenters. The molecule has 0 N–H and O–H groups in total. The maximum Gasteiger partial charge on any atom is 0.253 e. The van der Waals surface area contributed by atoms with Crippen molar-refractivity contribution < 1.29 is 13.2 Å². The fraction of sp³-hybridized carbons (Fsp3) is 0.500. The summed E-state index contributed by atoms with van der Waals surface area (Å²) in [7, 11) is -0.466. The summed E-state index contributed by atoms with van der Waals surface area (Å²) < 4.78 is 25.0. The summed E-state index contributed by atoms with van der Waals surface area (Å²) in [6.07, 6.45) is 1.03. The van der Waals surface area contributed by atoms with Gasteiger partial charge in [0.05, 0.1) is 4.90 Å². The Morgan fingerprint density at radius 3 is 2.30 bits per heavy atom. The van der Waals surface area contributed by atoms with Gasteiger partial charge in [-0.25, -0.2) is 12.7 Å². The number of likely N-dealkylation sites (tertiary alicyclic amines) is 1. The van der Waals surface area contributed by atoms with E-state index in [9.17, 15) is 13.2 Å². The fourth-order valence-corrected chi connectivity index (χ4v) is 3.18. The van der Waals surface area contributed by atoms with E-state index in [-0.39, 0.29) is 10.8 Å². The van der Waals surface area contributed by atoms with Crippen LogP contribution < -0.4 is 0 Å². The number of rotatable bonds is 3. The average molecular weight is 296 g/mol. The van der Waals surface area contributed by atoms with E-state index in [0.717, 1.165) is 23.8 Å². The van der Waals surface area contributed by atoms with Crippen LogP contribution in [-0.4, -0.2) is 50.7 Å². The Bertz CT molecular complexity index is 593. The van der Waals surface area contributed by atoms with Crippen LogP contribution in [0.4, 0.5) is 0 Å². The fourth-order valence-electron chi connectivity index (χ4n) is 2.28. The van der Waals surface area contributed by atoms with Crippen molar-refractivity contribution in [2.45, 2.75) is 18.2 Å².